The number of carbonyl (C=O) groups excluding carboxylic acids is 1. The zero-order valence-corrected chi connectivity index (χ0v) is 13.4. The van der Waals surface area contributed by atoms with Gasteiger partial charge in [-0.25, -0.2) is 0 Å². The maximum atomic E-state index is 11.5. The van der Waals surface area contributed by atoms with Crippen molar-refractivity contribution in [3.63, 3.8) is 0 Å². The van der Waals surface area contributed by atoms with Gasteiger partial charge in [0.25, 0.3) is 0 Å². The Morgan fingerprint density at radius 3 is 2.32 bits per heavy atom. The van der Waals surface area contributed by atoms with Crippen molar-refractivity contribution in [1.82, 2.24) is 0 Å². The lowest BCUT2D eigenvalue weighted by Crippen LogP contribution is -2.10. The van der Waals surface area contributed by atoms with Gasteiger partial charge in [-0.3, -0.25) is 4.79 Å². The van der Waals surface area contributed by atoms with Crippen LogP contribution in [0.4, 0.5) is 17.1 Å². The van der Waals surface area contributed by atoms with Crippen LogP contribution in [0.1, 0.15) is 19.8 Å². The first-order valence-corrected chi connectivity index (χ1v) is 7.50. The van der Waals surface area contributed by atoms with E-state index in [0.717, 1.165) is 23.5 Å². The molecule has 0 aliphatic rings. The molecular weight excluding hydrogens is 300 g/mol. The average molecular weight is 319 g/mol. The van der Waals surface area contributed by atoms with E-state index in [1.165, 1.54) is 0 Å². The zero-order valence-electron chi connectivity index (χ0n) is 12.7. The second-order valence-corrected chi connectivity index (χ2v) is 5.26. The van der Waals surface area contributed by atoms with Gasteiger partial charge in [-0.15, -0.1) is 0 Å². The van der Waals surface area contributed by atoms with Crippen LogP contribution in [0, 0.1) is 0 Å². The molecule has 0 atom stereocenters. The molecule has 2 aromatic rings. The minimum absolute atomic E-state index is 0.0325. The number of hydrogen-bond acceptors (Lipinski definition) is 3. The van der Waals surface area contributed by atoms with Gasteiger partial charge in [-0.05, 0) is 48.9 Å². The van der Waals surface area contributed by atoms with Crippen LogP contribution in [0.2, 0.25) is 5.02 Å². The monoisotopic (exact) mass is 318 g/mol. The summed E-state index contributed by atoms with van der Waals surface area (Å²) in [7, 11) is 1.58. The number of rotatable bonds is 6. The number of ether oxygens (including phenoxy) is 1. The van der Waals surface area contributed by atoms with E-state index in [0.29, 0.717) is 17.2 Å². The van der Waals surface area contributed by atoms with E-state index >= 15 is 0 Å². The van der Waals surface area contributed by atoms with Crippen LogP contribution in [0.15, 0.2) is 42.5 Å². The normalized spacial score (nSPS) is 10.1. The molecule has 116 valence electrons. The van der Waals surface area contributed by atoms with Crippen LogP contribution < -0.4 is 15.4 Å². The number of hydrogen-bond donors (Lipinski definition) is 2. The van der Waals surface area contributed by atoms with E-state index in [4.69, 9.17) is 16.3 Å². The second-order valence-electron chi connectivity index (χ2n) is 4.85. The highest BCUT2D eigenvalue weighted by atomic mass is 35.5. The van der Waals surface area contributed by atoms with Crippen LogP contribution in [-0.4, -0.2) is 13.0 Å². The summed E-state index contributed by atoms with van der Waals surface area (Å²) in [4.78, 5) is 11.5. The number of nitrogens with one attached hydrogen (secondary N) is 2. The fraction of sp³-hybridized carbons (Fsp3) is 0.235. The Hall–Kier alpha value is -2.20. The topological polar surface area (TPSA) is 50.4 Å². The van der Waals surface area contributed by atoms with Crippen molar-refractivity contribution >= 4 is 34.6 Å². The summed E-state index contributed by atoms with van der Waals surface area (Å²) in [6, 6.07) is 13.0. The van der Waals surface area contributed by atoms with Crippen molar-refractivity contribution in [1.29, 1.82) is 0 Å². The minimum atomic E-state index is 0.0325. The van der Waals surface area contributed by atoms with E-state index < -0.39 is 0 Å². The molecule has 0 aliphatic heterocycles. The van der Waals surface area contributed by atoms with Gasteiger partial charge in [0.15, 0.2) is 0 Å². The maximum absolute atomic E-state index is 11.5. The third kappa shape index (κ3) is 4.40. The molecule has 0 saturated heterocycles. The van der Waals surface area contributed by atoms with E-state index in [1.54, 1.807) is 13.2 Å². The molecule has 4 nitrogen and oxygen atoms in total. The Balaban J connectivity index is 2.02. The molecule has 0 heterocycles. The van der Waals surface area contributed by atoms with Crippen molar-refractivity contribution in [2.24, 2.45) is 0 Å². The second kappa shape index (κ2) is 7.71. The van der Waals surface area contributed by atoms with Gasteiger partial charge in [-0.2, -0.15) is 0 Å². The molecule has 0 spiro atoms. The standard InChI is InChI=1S/C17H19ClN2O2/c1-3-4-17(21)20-13-7-5-12(6-8-13)19-14-9-10-16(22-2)15(18)11-14/h5-11,19H,3-4H2,1-2H3,(H,20,21). The van der Waals surface area contributed by atoms with Gasteiger partial charge in [0, 0.05) is 23.5 Å². The number of amides is 1. The van der Waals surface area contributed by atoms with Crippen LogP contribution >= 0.6 is 11.6 Å². The lowest BCUT2D eigenvalue weighted by Gasteiger charge is -2.10. The molecule has 0 bridgehead atoms. The van der Waals surface area contributed by atoms with E-state index in [2.05, 4.69) is 10.6 Å². The fourth-order valence-corrected chi connectivity index (χ4v) is 2.26. The molecule has 0 aliphatic carbocycles. The molecular formula is C17H19ClN2O2. The lowest BCUT2D eigenvalue weighted by molar-refractivity contribution is -0.116. The highest BCUT2D eigenvalue weighted by Gasteiger charge is 2.03. The summed E-state index contributed by atoms with van der Waals surface area (Å²) in [5, 5.41) is 6.65. The van der Waals surface area contributed by atoms with Crippen molar-refractivity contribution in [3.8, 4) is 5.75 Å². The highest BCUT2D eigenvalue weighted by molar-refractivity contribution is 6.32. The van der Waals surface area contributed by atoms with Crippen molar-refractivity contribution < 1.29 is 9.53 Å². The first-order valence-electron chi connectivity index (χ1n) is 7.13. The molecule has 0 saturated carbocycles. The van der Waals surface area contributed by atoms with Crippen molar-refractivity contribution in [2.75, 3.05) is 17.7 Å². The molecule has 0 radical (unpaired) electrons. The smallest absolute Gasteiger partial charge is 0.224 e. The van der Waals surface area contributed by atoms with Crippen LogP contribution in [0.5, 0.6) is 5.75 Å². The zero-order chi connectivity index (χ0) is 15.9. The Labute approximate surface area is 135 Å². The Bertz CT molecular complexity index is 642. The number of benzene rings is 2. The van der Waals surface area contributed by atoms with E-state index in [9.17, 15) is 4.79 Å². The highest BCUT2D eigenvalue weighted by Crippen LogP contribution is 2.29. The van der Waals surface area contributed by atoms with Crippen LogP contribution in [0.25, 0.3) is 0 Å². The predicted octanol–water partition coefficient (Wildman–Crippen LogP) is 4.83. The van der Waals surface area contributed by atoms with Crippen LogP contribution in [-0.2, 0) is 4.79 Å². The Kier molecular flexibility index (Phi) is 5.67. The first kappa shape index (κ1) is 16.2. The molecule has 0 unspecified atom stereocenters. The Morgan fingerprint density at radius 1 is 1.09 bits per heavy atom. The molecule has 22 heavy (non-hydrogen) atoms. The summed E-state index contributed by atoms with van der Waals surface area (Å²) in [5.41, 5.74) is 2.57. The molecule has 1 amide bonds. The van der Waals surface area contributed by atoms with Gasteiger partial charge >= 0.3 is 0 Å². The largest absolute Gasteiger partial charge is 0.495 e. The van der Waals surface area contributed by atoms with Crippen LogP contribution in [0.3, 0.4) is 0 Å². The fourth-order valence-electron chi connectivity index (χ4n) is 2.00. The lowest BCUT2D eigenvalue weighted by atomic mass is 10.2. The number of halogens is 1. The summed E-state index contributed by atoms with van der Waals surface area (Å²) in [5.74, 6) is 0.673. The Morgan fingerprint density at radius 2 is 1.73 bits per heavy atom. The van der Waals surface area contributed by atoms with E-state index in [-0.39, 0.29) is 5.91 Å². The molecule has 5 heteroatoms. The minimum Gasteiger partial charge on any atom is -0.495 e. The van der Waals surface area contributed by atoms with Gasteiger partial charge in [0.1, 0.15) is 5.75 Å². The summed E-state index contributed by atoms with van der Waals surface area (Å²) in [6.07, 6.45) is 1.37. The third-order valence-electron chi connectivity index (χ3n) is 3.09. The number of methoxy groups -OCH3 is 1. The summed E-state index contributed by atoms with van der Waals surface area (Å²) < 4.78 is 5.12. The number of anilines is 3. The summed E-state index contributed by atoms with van der Waals surface area (Å²) in [6.45, 7) is 1.98. The predicted molar refractivity (Wildman–Crippen MR) is 91.3 cm³/mol. The van der Waals surface area contributed by atoms with Gasteiger partial charge in [0.05, 0.1) is 12.1 Å². The average Bonchev–Trinajstić information content (AvgIpc) is 2.50. The van der Waals surface area contributed by atoms with Crippen molar-refractivity contribution in [2.45, 2.75) is 19.8 Å². The third-order valence-corrected chi connectivity index (χ3v) is 3.38. The number of carbonyl (C=O) groups is 1. The molecule has 0 fully saturated rings. The molecule has 2 aromatic carbocycles. The van der Waals surface area contributed by atoms with Gasteiger partial charge in [0.2, 0.25) is 5.91 Å². The van der Waals surface area contributed by atoms with Gasteiger partial charge in [-0.1, -0.05) is 18.5 Å². The summed E-state index contributed by atoms with van der Waals surface area (Å²) >= 11 is 6.10. The van der Waals surface area contributed by atoms with Gasteiger partial charge < -0.3 is 15.4 Å². The first-order chi connectivity index (χ1) is 10.6. The molecule has 0 aromatic heterocycles. The van der Waals surface area contributed by atoms with E-state index in [1.807, 2.05) is 43.3 Å². The quantitative estimate of drug-likeness (QED) is 0.802. The molecule has 2 rings (SSSR count). The SMILES string of the molecule is CCCC(=O)Nc1ccc(Nc2ccc(OC)c(Cl)c2)cc1. The molecule has 2 N–H and O–H groups in total. The maximum Gasteiger partial charge on any atom is 0.224 e. The van der Waals surface area contributed by atoms with Crippen molar-refractivity contribution in [3.05, 3.63) is 47.5 Å².